The molecule has 0 radical (unpaired) electrons. The largest absolute Gasteiger partial charge is 0.477 e. The topological polar surface area (TPSA) is 79.1 Å². The number of rotatable bonds is 8. The van der Waals surface area contributed by atoms with Crippen LogP contribution in [0.1, 0.15) is 35.6 Å². The van der Waals surface area contributed by atoms with Crippen molar-refractivity contribution in [2.45, 2.75) is 40.2 Å². The van der Waals surface area contributed by atoms with Crippen LogP contribution in [0.15, 0.2) is 41.5 Å². The molecule has 1 aliphatic carbocycles. The highest BCUT2D eigenvalue weighted by Gasteiger charge is 2.49. The molecule has 0 aliphatic heterocycles. The average Bonchev–Trinajstić information content (AvgIpc) is 3.42. The molecule has 32 heavy (non-hydrogen) atoms. The molecule has 4 rings (SSSR count). The van der Waals surface area contributed by atoms with Gasteiger partial charge in [0.2, 0.25) is 5.88 Å². The Morgan fingerprint density at radius 2 is 1.84 bits per heavy atom. The molecule has 7 heteroatoms. The Morgan fingerprint density at radius 3 is 2.56 bits per heavy atom. The molecular weight excluding hydrogens is 404 g/mol. The number of methoxy groups -OCH3 is 1. The Hall–Kier alpha value is -3.06. The molecule has 1 aliphatic rings. The van der Waals surface area contributed by atoms with Crippen molar-refractivity contribution in [2.75, 3.05) is 20.3 Å². The van der Waals surface area contributed by atoms with Crippen molar-refractivity contribution in [1.29, 1.82) is 0 Å². The Bertz CT molecular complexity index is 1160. The predicted octanol–water partition coefficient (Wildman–Crippen LogP) is 3.70. The molecule has 3 atom stereocenters. The van der Waals surface area contributed by atoms with E-state index in [1.54, 1.807) is 23.9 Å². The van der Waals surface area contributed by atoms with Crippen LogP contribution in [0.25, 0.3) is 11.1 Å². The summed E-state index contributed by atoms with van der Waals surface area (Å²) >= 11 is 0. The van der Waals surface area contributed by atoms with Crippen LogP contribution in [-0.2, 0) is 11.3 Å². The number of aromatic nitrogens is 4. The molecule has 0 aromatic carbocycles. The lowest BCUT2D eigenvalue weighted by molar-refractivity contribution is 0.185. The molecule has 3 heterocycles. The maximum absolute atomic E-state index is 12.4. The Kier molecular flexibility index (Phi) is 6.37. The van der Waals surface area contributed by atoms with Crippen molar-refractivity contribution in [2.24, 2.45) is 11.8 Å². The van der Waals surface area contributed by atoms with Crippen LogP contribution in [0.5, 0.6) is 5.88 Å². The minimum atomic E-state index is -0.0564. The first-order valence-corrected chi connectivity index (χ1v) is 11.0. The van der Waals surface area contributed by atoms with Gasteiger partial charge in [-0.3, -0.25) is 9.78 Å². The monoisotopic (exact) mass is 434 g/mol. The second-order valence-corrected chi connectivity index (χ2v) is 8.57. The molecule has 1 saturated carbocycles. The van der Waals surface area contributed by atoms with Crippen LogP contribution in [0, 0.1) is 32.6 Å². The van der Waals surface area contributed by atoms with Gasteiger partial charge in [-0.1, -0.05) is 13.0 Å². The highest BCUT2D eigenvalue weighted by molar-refractivity contribution is 5.69. The molecule has 0 saturated heterocycles. The number of aryl methyl sites for hydroxylation is 2. The fourth-order valence-corrected chi connectivity index (χ4v) is 4.31. The molecule has 3 unspecified atom stereocenters. The minimum Gasteiger partial charge on any atom is -0.477 e. The number of ether oxygens (including phenoxy) is 2. The number of hydrogen-bond acceptors (Lipinski definition) is 6. The highest BCUT2D eigenvalue weighted by atomic mass is 16.5. The molecule has 3 aromatic rings. The summed E-state index contributed by atoms with van der Waals surface area (Å²) in [6, 6.07) is 7.62. The third-order valence-electron chi connectivity index (χ3n) is 6.39. The first kappa shape index (κ1) is 22.1. The molecule has 0 N–H and O–H groups in total. The zero-order valence-corrected chi connectivity index (χ0v) is 19.3. The SMILES string of the molecule is COCCn1c(C)c(-c2cnc(C)nc2OCC2C(C)C2c2ccc(C)cn2)ccc1=O. The van der Waals surface area contributed by atoms with Crippen molar-refractivity contribution in [3.8, 4) is 17.0 Å². The molecule has 0 amide bonds. The Labute approximate surface area is 188 Å². The lowest BCUT2D eigenvalue weighted by Gasteiger charge is -2.16. The van der Waals surface area contributed by atoms with E-state index in [2.05, 4.69) is 34.0 Å². The van der Waals surface area contributed by atoms with Gasteiger partial charge in [0, 0.05) is 60.9 Å². The van der Waals surface area contributed by atoms with E-state index in [0.717, 1.165) is 28.1 Å². The van der Waals surface area contributed by atoms with Gasteiger partial charge in [-0.15, -0.1) is 0 Å². The quantitative estimate of drug-likeness (QED) is 0.538. The van der Waals surface area contributed by atoms with E-state index in [0.29, 0.717) is 49.2 Å². The maximum atomic E-state index is 12.4. The van der Waals surface area contributed by atoms with Crippen molar-refractivity contribution >= 4 is 0 Å². The summed E-state index contributed by atoms with van der Waals surface area (Å²) < 4.78 is 13.1. The summed E-state index contributed by atoms with van der Waals surface area (Å²) in [6.45, 7) is 9.58. The number of nitrogens with zero attached hydrogens (tertiary/aromatic N) is 4. The van der Waals surface area contributed by atoms with Gasteiger partial charge >= 0.3 is 0 Å². The smallest absolute Gasteiger partial charge is 0.250 e. The summed E-state index contributed by atoms with van der Waals surface area (Å²) in [5.74, 6) is 2.50. The fourth-order valence-electron chi connectivity index (χ4n) is 4.31. The summed E-state index contributed by atoms with van der Waals surface area (Å²) in [4.78, 5) is 25.9. The molecule has 0 spiro atoms. The normalized spacial score (nSPS) is 19.7. The standard InChI is InChI=1S/C25H30N4O3/c1-15-6-8-22(27-12-15)24-16(2)21(24)14-32-25-20(13-26-18(4)28-25)19-7-9-23(30)29(17(19)3)10-11-31-5/h6-9,12-13,16,21,24H,10-11,14H2,1-5H3. The summed E-state index contributed by atoms with van der Waals surface area (Å²) in [5.41, 5.74) is 4.75. The van der Waals surface area contributed by atoms with Crippen LogP contribution in [0.2, 0.25) is 0 Å². The van der Waals surface area contributed by atoms with Crippen LogP contribution in [0.3, 0.4) is 0 Å². The van der Waals surface area contributed by atoms with Gasteiger partial charge < -0.3 is 14.0 Å². The number of pyridine rings is 2. The Morgan fingerprint density at radius 1 is 1.03 bits per heavy atom. The fraction of sp³-hybridized carbons (Fsp3) is 0.440. The minimum absolute atomic E-state index is 0.0564. The second-order valence-electron chi connectivity index (χ2n) is 8.57. The van der Waals surface area contributed by atoms with E-state index in [1.807, 2.05) is 33.0 Å². The van der Waals surface area contributed by atoms with E-state index < -0.39 is 0 Å². The Balaban J connectivity index is 1.57. The zero-order valence-electron chi connectivity index (χ0n) is 19.3. The van der Waals surface area contributed by atoms with E-state index in [1.165, 1.54) is 0 Å². The van der Waals surface area contributed by atoms with Gasteiger partial charge in [0.25, 0.3) is 5.56 Å². The predicted molar refractivity (Wildman–Crippen MR) is 123 cm³/mol. The maximum Gasteiger partial charge on any atom is 0.250 e. The summed E-state index contributed by atoms with van der Waals surface area (Å²) in [7, 11) is 1.63. The molecule has 1 fully saturated rings. The van der Waals surface area contributed by atoms with Gasteiger partial charge in [-0.25, -0.2) is 4.98 Å². The van der Waals surface area contributed by atoms with Crippen LogP contribution < -0.4 is 10.3 Å². The zero-order chi connectivity index (χ0) is 22.8. The molecule has 3 aromatic heterocycles. The van der Waals surface area contributed by atoms with E-state index in [4.69, 9.17) is 9.47 Å². The van der Waals surface area contributed by atoms with E-state index in [9.17, 15) is 4.79 Å². The van der Waals surface area contributed by atoms with Gasteiger partial charge in [-0.05, 0) is 44.4 Å². The third kappa shape index (κ3) is 4.43. The average molecular weight is 435 g/mol. The van der Waals surface area contributed by atoms with Gasteiger partial charge in [0.05, 0.1) is 18.8 Å². The highest BCUT2D eigenvalue weighted by Crippen LogP contribution is 2.53. The van der Waals surface area contributed by atoms with Crippen molar-refractivity contribution in [1.82, 2.24) is 19.5 Å². The summed E-state index contributed by atoms with van der Waals surface area (Å²) in [5, 5.41) is 0. The van der Waals surface area contributed by atoms with Crippen molar-refractivity contribution in [3.05, 3.63) is 69.8 Å². The first-order chi connectivity index (χ1) is 15.4. The van der Waals surface area contributed by atoms with E-state index >= 15 is 0 Å². The van der Waals surface area contributed by atoms with Gasteiger partial charge in [0.15, 0.2) is 0 Å². The lowest BCUT2D eigenvalue weighted by Crippen LogP contribution is -2.24. The third-order valence-corrected chi connectivity index (χ3v) is 6.39. The molecule has 168 valence electrons. The number of hydrogen-bond donors (Lipinski definition) is 0. The molecule has 7 nitrogen and oxygen atoms in total. The summed E-state index contributed by atoms with van der Waals surface area (Å²) in [6.07, 6.45) is 3.70. The van der Waals surface area contributed by atoms with Crippen LogP contribution in [0.4, 0.5) is 0 Å². The van der Waals surface area contributed by atoms with Crippen molar-refractivity contribution in [3.63, 3.8) is 0 Å². The molecule has 0 bridgehead atoms. The van der Waals surface area contributed by atoms with Gasteiger partial charge in [-0.2, -0.15) is 4.98 Å². The van der Waals surface area contributed by atoms with Crippen molar-refractivity contribution < 1.29 is 9.47 Å². The lowest BCUT2D eigenvalue weighted by atomic mass is 10.1. The van der Waals surface area contributed by atoms with Gasteiger partial charge in [0.1, 0.15) is 5.82 Å². The first-order valence-electron chi connectivity index (χ1n) is 11.0. The molecular formula is C25H30N4O3. The van der Waals surface area contributed by atoms with Crippen LogP contribution >= 0.6 is 0 Å². The van der Waals surface area contributed by atoms with E-state index in [-0.39, 0.29) is 5.56 Å². The van der Waals surface area contributed by atoms with Crippen LogP contribution in [-0.4, -0.2) is 39.8 Å². The second kappa shape index (κ2) is 9.20.